The van der Waals surface area contributed by atoms with Crippen LogP contribution in [0.25, 0.3) is 0 Å². The van der Waals surface area contributed by atoms with Crippen LogP contribution in [0.1, 0.15) is 38.5 Å². The molecular weight excluding hydrogens is 431 g/mol. The molecule has 1 heterocycles. The SMILES string of the molecule is CN=C(NCCN(C)C1CCCC1)NC1CCN(CC(N)=O)CC1.I. The summed E-state index contributed by atoms with van der Waals surface area (Å²) in [7, 11) is 4.04. The van der Waals surface area contributed by atoms with E-state index in [4.69, 9.17) is 5.73 Å². The Labute approximate surface area is 169 Å². The molecule has 0 aromatic heterocycles. The van der Waals surface area contributed by atoms with Crippen molar-refractivity contribution in [3.05, 3.63) is 0 Å². The second-order valence-corrected chi connectivity index (χ2v) is 7.08. The Hall–Kier alpha value is -0.610. The molecule has 0 radical (unpaired) electrons. The third-order valence-electron chi connectivity index (χ3n) is 5.24. The van der Waals surface area contributed by atoms with Crippen LogP contribution < -0.4 is 16.4 Å². The highest BCUT2D eigenvalue weighted by molar-refractivity contribution is 14.0. The summed E-state index contributed by atoms with van der Waals surface area (Å²) in [6, 6.07) is 1.17. The highest BCUT2D eigenvalue weighted by atomic mass is 127. The number of likely N-dealkylation sites (N-methyl/N-ethyl adjacent to an activating group) is 1. The van der Waals surface area contributed by atoms with Gasteiger partial charge < -0.3 is 21.3 Å². The van der Waals surface area contributed by atoms with Crippen molar-refractivity contribution < 1.29 is 4.79 Å². The minimum absolute atomic E-state index is 0. The highest BCUT2D eigenvalue weighted by Gasteiger charge is 2.21. The van der Waals surface area contributed by atoms with Crippen molar-refractivity contribution in [3.8, 4) is 0 Å². The lowest BCUT2D eigenvalue weighted by Gasteiger charge is -2.32. The number of carbonyl (C=O) groups excluding carboxylic acids is 1. The number of nitrogens with zero attached hydrogens (tertiary/aromatic N) is 3. The molecule has 1 amide bonds. The van der Waals surface area contributed by atoms with E-state index in [1.54, 1.807) is 0 Å². The third kappa shape index (κ3) is 8.08. The van der Waals surface area contributed by atoms with Crippen molar-refractivity contribution in [1.29, 1.82) is 0 Å². The Kier molecular flexibility index (Phi) is 10.7. The van der Waals surface area contributed by atoms with Gasteiger partial charge in [0.2, 0.25) is 5.91 Å². The van der Waals surface area contributed by atoms with E-state index < -0.39 is 0 Å². The molecule has 2 fully saturated rings. The van der Waals surface area contributed by atoms with Crippen molar-refractivity contribution in [1.82, 2.24) is 20.4 Å². The Balaban J connectivity index is 0.00000312. The van der Waals surface area contributed by atoms with E-state index in [0.717, 1.165) is 51.0 Å². The molecule has 25 heavy (non-hydrogen) atoms. The summed E-state index contributed by atoms with van der Waals surface area (Å²) in [4.78, 5) is 19.9. The van der Waals surface area contributed by atoms with Crippen LogP contribution in [0.5, 0.6) is 0 Å². The second kappa shape index (κ2) is 11.9. The molecule has 146 valence electrons. The lowest BCUT2D eigenvalue weighted by Crippen LogP contribution is -2.50. The van der Waals surface area contributed by atoms with Crippen LogP contribution in [0.15, 0.2) is 4.99 Å². The average molecular weight is 466 g/mol. The molecular formula is C17H35IN6O. The zero-order valence-electron chi connectivity index (χ0n) is 15.7. The number of guanidine groups is 1. The number of rotatable bonds is 7. The van der Waals surface area contributed by atoms with Gasteiger partial charge in [0.15, 0.2) is 5.96 Å². The Morgan fingerprint density at radius 3 is 2.44 bits per heavy atom. The molecule has 0 unspecified atom stereocenters. The normalized spacial score (nSPS) is 20.5. The van der Waals surface area contributed by atoms with Crippen LogP contribution in [-0.2, 0) is 4.79 Å². The molecule has 2 aliphatic rings. The van der Waals surface area contributed by atoms with Crippen molar-refractivity contribution in [2.75, 3.05) is 46.8 Å². The first kappa shape index (κ1) is 22.4. The molecule has 1 saturated carbocycles. The summed E-state index contributed by atoms with van der Waals surface area (Å²) in [5.74, 6) is 0.633. The van der Waals surface area contributed by atoms with Crippen LogP contribution in [0.2, 0.25) is 0 Å². The fourth-order valence-electron chi connectivity index (χ4n) is 3.72. The maximum absolute atomic E-state index is 11.0. The smallest absolute Gasteiger partial charge is 0.231 e. The van der Waals surface area contributed by atoms with Crippen molar-refractivity contribution in [2.24, 2.45) is 10.7 Å². The fourth-order valence-corrected chi connectivity index (χ4v) is 3.72. The average Bonchev–Trinajstić information content (AvgIpc) is 3.09. The van der Waals surface area contributed by atoms with Gasteiger partial charge in [-0.25, -0.2) is 0 Å². The molecule has 7 nitrogen and oxygen atoms in total. The van der Waals surface area contributed by atoms with E-state index in [1.807, 2.05) is 7.05 Å². The van der Waals surface area contributed by atoms with Crippen molar-refractivity contribution in [3.63, 3.8) is 0 Å². The largest absolute Gasteiger partial charge is 0.369 e. The van der Waals surface area contributed by atoms with Crippen molar-refractivity contribution >= 4 is 35.8 Å². The van der Waals surface area contributed by atoms with Gasteiger partial charge in [0, 0.05) is 45.3 Å². The Morgan fingerprint density at radius 1 is 1.24 bits per heavy atom. The molecule has 0 aromatic rings. The number of nitrogens with one attached hydrogen (secondary N) is 2. The summed E-state index contributed by atoms with van der Waals surface area (Å²) in [5.41, 5.74) is 5.26. The van der Waals surface area contributed by atoms with Gasteiger partial charge in [0.05, 0.1) is 6.54 Å². The number of primary amides is 1. The molecule has 1 saturated heterocycles. The van der Waals surface area contributed by atoms with E-state index in [0.29, 0.717) is 12.6 Å². The van der Waals surface area contributed by atoms with E-state index in [-0.39, 0.29) is 29.9 Å². The maximum atomic E-state index is 11.0. The third-order valence-corrected chi connectivity index (χ3v) is 5.24. The van der Waals surface area contributed by atoms with Crippen molar-refractivity contribution in [2.45, 2.75) is 50.6 Å². The van der Waals surface area contributed by atoms with Crippen LogP contribution in [-0.4, -0.2) is 80.6 Å². The van der Waals surface area contributed by atoms with Gasteiger partial charge in [0.1, 0.15) is 0 Å². The number of likely N-dealkylation sites (tertiary alicyclic amines) is 1. The molecule has 0 atom stereocenters. The summed E-state index contributed by atoms with van der Waals surface area (Å²) in [5, 5.41) is 6.92. The van der Waals surface area contributed by atoms with Gasteiger partial charge in [-0.2, -0.15) is 0 Å². The molecule has 8 heteroatoms. The number of halogens is 1. The summed E-state index contributed by atoms with van der Waals surface area (Å²) in [6.45, 7) is 4.13. The topological polar surface area (TPSA) is 86.0 Å². The minimum atomic E-state index is -0.245. The molecule has 0 spiro atoms. The molecule has 0 aromatic carbocycles. The number of nitrogens with two attached hydrogens (primary N) is 1. The van der Waals surface area contributed by atoms with Crippen LogP contribution in [0.3, 0.4) is 0 Å². The number of amides is 1. The van der Waals surface area contributed by atoms with Crippen LogP contribution in [0.4, 0.5) is 0 Å². The molecule has 1 aliphatic heterocycles. The lowest BCUT2D eigenvalue weighted by atomic mass is 10.1. The monoisotopic (exact) mass is 466 g/mol. The number of hydrogen-bond donors (Lipinski definition) is 3. The Bertz CT molecular complexity index is 419. The van der Waals surface area contributed by atoms with Crippen LogP contribution >= 0.6 is 24.0 Å². The predicted octanol–water partition coefficient (Wildman–Crippen LogP) is 0.594. The first-order valence-electron chi connectivity index (χ1n) is 9.26. The number of piperidine rings is 1. The van der Waals surface area contributed by atoms with Gasteiger partial charge in [-0.1, -0.05) is 12.8 Å². The molecule has 4 N–H and O–H groups in total. The molecule has 1 aliphatic carbocycles. The number of hydrogen-bond acceptors (Lipinski definition) is 4. The zero-order chi connectivity index (χ0) is 17.4. The lowest BCUT2D eigenvalue weighted by molar-refractivity contribution is -0.119. The minimum Gasteiger partial charge on any atom is -0.369 e. The van der Waals surface area contributed by atoms with E-state index in [9.17, 15) is 4.79 Å². The first-order chi connectivity index (χ1) is 11.6. The molecule has 0 bridgehead atoms. The highest BCUT2D eigenvalue weighted by Crippen LogP contribution is 2.21. The van der Waals surface area contributed by atoms with Gasteiger partial charge in [-0.3, -0.25) is 14.7 Å². The standard InChI is InChI=1S/C17H34N6O.HI/c1-19-17(20-9-12-22(2)15-5-3-4-6-15)21-14-7-10-23(11-8-14)13-16(18)24;/h14-15H,3-13H2,1-2H3,(H2,18,24)(H2,19,20,21);1H. The first-order valence-corrected chi connectivity index (χ1v) is 9.26. The van der Waals surface area contributed by atoms with Gasteiger partial charge in [0.25, 0.3) is 0 Å². The van der Waals surface area contributed by atoms with E-state index in [2.05, 4.69) is 32.5 Å². The summed E-state index contributed by atoms with van der Waals surface area (Å²) >= 11 is 0. The Morgan fingerprint density at radius 2 is 1.88 bits per heavy atom. The van der Waals surface area contributed by atoms with Gasteiger partial charge in [-0.05, 0) is 32.7 Å². The van der Waals surface area contributed by atoms with E-state index >= 15 is 0 Å². The summed E-state index contributed by atoms with van der Waals surface area (Å²) in [6.07, 6.45) is 7.45. The number of carbonyl (C=O) groups is 1. The quantitative estimate of drug-likeness (QED) is 0.291. The zero-order valence-corrected chi connectivity index (χ0v) is 18.0. The second-order valence-electron chi connectivity index (χ2n) is 7.08. The van der Waals surface area contributed by atoms with Gasteiger partial charge >= 0.3 is 0 Å². The maximum Gasteiger partial charge on any atom is 0.231 e. The van der Waals surface area contributed by atoms with Crippen LogP contribution in [0, 0.1) is 0 Å². The number of aliphatic imine (C=N–C) groups is 1. The van der Waals surface area contributed by atoms with Gasteiger partial charge in [-0.15, -0.1) is 24.0 Å². The fraction of sp³-hybridized carbons (Fsp3) is 0.882. The van der Waals surface area contributed by atoms with E-state index in [1.165, 1.54) is 25.7 Å². The predicted molar refractivity (Wildman–Crippen MR) is 113 cm³/mol. The molecule has 2 rings (SSSR count). The summed E-state index contributed by atoms with van der Waals surface area (Å²) < 4.78 is 0.